The van der Waals surface area contributed by atoms with Crippen molar-refractivity contribution in [3.05, 3.63) is 40.7 Å². The number of likely N-dealkylation sites (tertiary alicyclic amines) is 2. The van der Waals surface area contributed by atoms with Crippen LogP contribution < -0.4 is 10.6 Å². The number of amides is 2. The van der Waals surface area contributed by atoms with Crippen molar-refractivity contribution in [3.63, 3.8) is 0 Å². The second kappa shape index (κ2) is 8.34. The maximum atomic E-state index is 12.1. The molecule has 7 nitrogen and oxygen atoms in total. The third-order valence-corrected chi connectivity index (χ3v) is 5.89. The van der Waals surface area contributed by atoms with Crippen LogP contribution in [0.25, 0.3) is 11.5 Å². The van der Waals surface area contributed by atoms with Crippen molar-refractivity contribution in [1.82, 2.24) is 25.4 Å². The highest BCUT2D eigenvalue weighted by Gasteiger charge is 2.53. The molecule has 0 aliphatic carbocycles. The number of benzene rings is 1. The Morgan fingerprint density at radius 3 is 2.62 bits per heavy atom. The number of nitrogens with one attached hydrogen (secondary N) is 2. The highest BCUT2D eigenvalue weighted by Crippen LogP contribution is 2.40. The van der Waals surface area contributed by atoms with Gasteiger partial charge >= 0.3 is 6.03 Å². The van der Waals surface area contributed by atoms with Crippen LogP contribution in [-0.4, -0.2) is 66.6 Å². The van der Waals surface area contributed by atoms with Crippen molar-refractivity contribution >= 4 is 17.6 Å². The summed E-state index contributed by atoms with van der Waals surface area (Å²) in [6.07, 6.45) is 0. The third kappa shape index (κ3) is 4.42. The minimum Gasteiger partial charge on any atom is -0.441 e. The molecule has 3 heterocycles. The predicted molar refractivity (Wildman–Crippen MR) is 113 cm³/mol. The zero-order chi connectivity index (χ0) is 20.4. The third-order valence-electron chi connectivity index (χ3n) is 5.64. The summed E-state index contributed by atoms with van der Waals surface area (Å²) < 4.78 is 5.86. The zero-order valence-corrected chi connectivity index (χ0v) is 17.8. The van der Waals surface area contributed by atoms with E-state index in [0.29, 0.717) is 17.5 Å². The van der Waals surface area contributed by atoms with Gasteiger partial charge in [0.2, 0.25) is 5.89 Å². The first-order valence-corrected chi connectivity index (χ1v) is 10.5. The molecule has 2 fully saturated rings. The standard InChI is InChI=1S/C21H28ClN5O2/c1-3-23-8-9-24-20(28)27-13-21(14-27)11-26(12-21)10-18-15(2)29-19(25-18)16-4-6-17(22)7-5-16/h4-7,23H,3,8-14H2,1-2H3,(H,24,28). The fourth-order valence-electron chi connectivity index (χ4n) is 4.17. The monoisotopic (exact) mass is 417 g/mol. The zero-order valence-electron chi connectivity index (χ0n) is 17.0. The number of hydrogen-bond donors (Lipinski definition) is 2. The summed E-state index contributed by atoms with van der Waals surface area (Å²) in [6.45, 7) is 10.9. The van der Waals surface area contributed by atoms with Crippen LogP contribution >= 0.6 is 11.6 Å². The molecule has 1 spiro atoms. The minimum absolute atomic E-state index is 0.0481. The fraction of sp³-hybridized carbons (Fsp3) is 0.524. The van der Waals surface area contributed by atoms with Crippen molar-refractivity contribution in [2.45, 2.75) is 20.4 Å². The highest BCUT2D eigenvalue weighted by molar-refractivity contribution is 6.30. The van der Waals surface area contributed by atoms with E-state index >= 15 is 0 Å². The number of likely N-dealkylation sites (N-methyl/N-ethyl adjacent to an activating group) is 1. The number of carbonyl (C=O) groups excluding carboxylic acids is 1. The predicted octanol–water partition coefficient (Wildman–Crippen LogP) is 2.74. The molecule has 2 N–H and O–H groups in total. The number of oxazole rings is 1. The molecule has 2 amide bonds. The van der Waals surface area contributed by atoms with Crippen LogP contribution in [-0.2, 0) is 6.54 Å². The van der Waals surface area contributed by atoms with Crippen LogP contribution in [0.1, 0.15) is 18.4 Å². The van der Waals surface area contributed by atoms with Crippen LogP contribution in [0.4, 0.5) is 4.79 Å². The van der Waals surface area contributed by atoms with E-state index in [4.69, 9.17) is 16.0 Å². The van der Waals surface area contributed by atoms with Gasteiger partial charge in [-0.15, -0.1) is 0 Å². The van der Waals surface area contributed by atoms with Gasteiger partial charge in [0.05, 0.1) is 5.69 Å². The molecule has 0 saturated carbocycles. The summed E-state index contributed by atoms with van der Waals surface area (Å²) in [5.74, 6) is 1.49. The first-order chi connectivity index (χ1) is 14.0. The second-order valence-corrected chi connectivity index (χ2v) is 8.55. The van der Waals surface area contributed by atoms with Crippen LogP contribution in [0.15, 0.2) is 28.7 Å². The van der Waals surface area contributed by atoms with E-state index in [1.54, 1.807) is 0 Å². The number of urea groups is 1. The molecule has 1 aromatic carbocycles. The molecule has 2 aliphatic rings. The summed E-state index contributed by atoms with van der Waals surface area (Å²) >= 11 is 5.96. The van der Waals surface area contributed by atoms with Crippen LogP contribution in [0.3, 0.4) is 0 Å². The van der Waals surface area contributed by atoms with Gasteiger partial charge in [-0.05, 0) is 37.7 Å². The summed E-state index contributed by atoms with van der Waals surface area (Å²) in [6, 6.07) is 7.57. The van der Waals surface area contributed by atoms with E-state index in [-0.39, 0.29) is 11.4 Å². The quantitative estimate of drug-likeness (QED) is 0.677. The molecule has 29 heavy (non-hydrogen) atoms. The SMILES string of the molecule is CCNCCNC(=O)N1CC2(CN(Cc3nc(-c4ccc(Cl)cc4)oc3C)C2)C1. The van der Waals surface area contributed by atoms with Crippen molar-refractivity contribution in [3.8, 4) is 11.5 Å². The Morgan fingerprint density at radius 1 is 1.21 bits per heavy atom. The molecule has 0 bridgehead atoms. The first kappa shape index (κ1) is 20.2. The Bertz CT molecular complexity index is 852. The van der Waals surface area contributed by atoms with E-state index in [1.165, 1.54) is 0 Å². The molecule has 1 aromatic heterocycles. The van der Waals surface area contributed by atoms with Gasteiger partial charge in [0.1, 0.15) is 5.76 Å². The smallest absolute Gasteiger partial charge is 0.317 e. The summed E-state index contributed by atoms with van der Waals surface area (Å²) in [4.78, 5) is 21.1. The highest BCUT2D eigenvalue weighted by atomic mass is 35.5. The number of halogens is 1. The lowest BCUT2D eigenvalue weighted by molar-refractivity contribution is -0.0987. The van der Waals surface area contributed by atoms with E-state index in [9.17, 15) is 4.79 Å². The fourth-order valence-corrected chi connectivity index (χ4v) is 4.30. The molecule has 8 heteroatoms. The molecule has 0 unspecified atom stereocenters. The topological polar surface area (TPSA) is 73.6 Å². The van der Waals surface area contributed by atoms with Crippen molar-refractivity contribution in [1.29, 1.82) is 0 Å². The molecule has 2 saturated heterocycles. The average molecular weight is 418 g/mol. The molecule has 0 atom stereocenters. The molecule has 0 radical (unpaired) electrons. The molecular formula is C21H28ClN5O2. The Morgan fingerprint density at radius 2 is 1.93 bits per heavy atom. The number of rotatable bonds is 7. The Hall–Kier alpha value is -2.09. The second-order valence-electron chi connectivity index (χ2n) is 8.12. The Kier molecular flexibility index (Phi) is 5.81. The number of aryl methyl sites for hydroxylation is 1. The number of hydrogen-bond acceptors (Lipinski definition) is 5. The van der Waals surface area contributed by atoms with Gasteiger partial charge in [-0.2, -0.15) is 0 Å². The van der Waals surface area contributed by atoms with Gasteiger partial charge in [-0.3, -0.25) is 4.90 Å². The van der Waals surface area contributed by atoms with Gasteiger partial charge in [-0.25, -0.2) is 9.78 Å². The largest absolute Gasteiger partial charge is 0.441 e. The lowest BCUT2D eigenvalue weighted by Gasteiger charge is -2.60. The number of carbonyl (C=O) groups is 1. The van der Waals surface area contributed by atoms with Gasteiger partial charge in [0, 0.05) is 61.8 Å². The minimum atomic E-state index is 0.0481. The molecule has 4 rings (SSSR count). The van der Waals surface area contributed by atoms with Crippen LogP contribution in [0.5, 0.6) is 0 Å². The Balaban J connectivity index is 1.24. The average Bonchev–Trinajstić information content (AvgIpc) is 3.00. The lowest BCUT2D eigenvalue weighted by atomic mass is 9.73. The van der Waals surface area contributed by atoms with Gasteiger partial charge in [0.15, 0.2) is 0 Å². The van der Waals surface area contributed by atoms with Crippen LogP contribution in [0.2, 0.25) is 5.02 Å². The van der Waals surface area contributed by atoms with Crippen molar-refractivity contribution in [2.24, 2.45) is 5.41 Å². The number of nitrogens with zero attached hydrogens (tertiary/aromatic N) is 3. The summed E-state index contributed by atoms with van der Waals surface area (Å²) in [7, 11) is 0. The van der Waals surface area contributed by atoms with E-state index < -0.39 is 0 Å². The maximum absolute atomic E-state index is 12.1. The van der Waals surface area contributed by atoms with E-state index in [1.807, 2.05) is 36.1 Å². The maximum Gasteiger partial charge on any atom is 0.317 e. The van der Waals surface area contributed by atoms with E-state index in [0.717, 1.165) is 62.8 Å². The van der Waals surface area contributed by atoms with Gasteiger partial charge in [-0.1, -0.05) is 18.5 Å². The molecule has 2 aliphatic heterocycles. The number of aromatic nitrogens is 1. The molecule has 2 aromatic rings. The molecular weight excluding hydrogens is 390 g/mol. The van der Waals surface area contributed by atoms with Gasteiger partial charge < -0.3 is 20.0 Å². The van der Waals surface area contributed by atoms with Crippen LogP contribution in [0, 0.1) is 12.3 Å². The lowest BCUT2D eigenvalue weighted by Crippen LogP contribution is -2.73. The molecule has 156 valence electrons. The summed E-state index contributed by atoms with van der Waals surface area (Å²) in [5, 5.41) is 6.87. The van der Waals surface area contributed by atoms with Crippen molar-refractivity contribution < 1.29 is 9.21 Å². The Labute approximate surface area is 176 Å². The summed E-state index contributed by atoms with van der Waals surface area (Å²) in [5.41, 5.74) is 2.16. The van der Waals surface area contributed by atoms with Gasteiger partial charge in [0.25, 0.3) is 0 Å². The van der Waals surface area contributed by atoms with E-state index in [2.05, 4.69) is 27.4 Å². The normalized spacial score (nSPS) is 17.8. The van der Waals surface area contributed by atoms with Crippen molar-refractivity contribution in [2.75, 3.05) is 45.8 Å². The first-order valence-electron chi connectivity index (χ1n) is 10.2.